The van der Waals surface area contributed by atoms with Crippen molar-refractivity contribution in [2.45, 2.75) is 25.8 Å². The van der Waals surface area contributed by atoms with Gasteiger partial charge in [0.05, 0.1) is 4.92 Å². The first-order valence-corrected chi connectivity index (χ1v) is 9.11. The van der Waals surface area contributed by atoms with Crippen LogP contribution < -0.4 is 5.32 Å². The number of nitro benzene ring substituents is 1. The molecule has 1 aromatic heterocycles. The van der Waals surface area contributed by atoms with Crippen molar-refractivity contribution in [1.29, 1.82) is 0 Å². The Labute approximate surface area is 170 Å². The standard InChI is InChI=1S/C19H17ClN4O5/c20-14-6-4-12(5-7-14)19-22-18(29-23-19)3-1-2-17(26)21-11-13-10-15(24(27)28)8-9-16(13)25/h4-10,25H,1-3,11H2,(H,21,26). The van der Waals surface area contributed by atoms with Crippen LogP contribution in [0.4, 0.5) is 5.69 Å². The van der Waals surface area contributed by atoms with Crippen molar-refractivity contribution in [3.8, 4) is 17.1 Å². The first kappa shape index (κ1) is 20.3. The van der Waals surface area contributed by atoms with Crippen LogP contribution in [0.15, 0.2) is 47.0 Å². The summed E-state index contributed by atoms with van der Waals surface area (Å²) in [5.41, 5.74) is 0.899. The topological polar surface area (TPSA) is 131 Å². The summed E-state index contributed by atoms with van der Waals surface area (Å²) in [6.07, 6.45) is 1.11. The summed E-state index contributed by atoms with van der Waals surface area (Å²) in [5, 5.41) is 27.7. The zero-order chi connectivity index (χ0) is 20.8. The van der Waals surface area contributed by atoms with Crippen LogP contribution in [0, 0.1) is 10.1 Å². The largest absolute Gasteiger partial charge is 0.508 e. The molecule has 0 fully saturated rings. The molecule has 0 spiro atoms. The highest BCUT2D eigenvalue weighted by atomic mass is 35.5. The van der Waals surface area contributed by atoms with E-state index < -0.39 is 4.92 Å². The quantitative estimate of drug-likeness (QED) is 0.423. The molecule has 0 aliphatic heterocycles. The summed E-state index contributed by atoms with van der Waals surface area (Å²) >= 11 is 5.85. The van der Waals surface area contributed by atoms with Crippen LogP contribution in [0.1, 0.15) is 24.3 Å². The van der Waals surface area contributed by atoms with E-state index >= 15 is 0 Å². The smallest absolute Gasteiger partial charge is 0.270 e. The zero-order valence-corrected chi connectivity index (χ0v) is 15.9. The lowest BCUT2D eigenvalue weighted by Crippen LogP contribution is -2.22. The number of carbonyl (C=O) groups excluding carboxylic acids is 1. The Morgan fingerprint density at radius 1 is 1.24 bits per heavy atom. The summed E-state index contributed by atoms with van der Waals surface area (Å²) in [6.45, 7) is -0.00633. The van der Waals surface area contributed by atoms with Crippen molar-refractivity contribution in [3.05, 3.63) is 69.1 Å². The van der Waals surface area contributed by atoms with E-state index in [-0.39, 0.29) is 35.9 Å². The Hall–Kier alpha value is -3.46. The van der Waals surface area contributed by atoms with E-state index in [2.05, 4.69) is 15.5 Å². The number of halogens is 1. The molecule has 2 N–H and O–H groups in total. The van der Waals surface area contributed by atoms with Crippen molar-refractivity contribution in [2.75, 3.05) is 0 Å². The highest BCUT2D eigenvalue weighted by Crippen LogP contribution is 2.23. The van der Waals surface area contributed by atoms with Gasteiger partial charge in [-0.15, -0.1) is 0 Å². The minimum absolute atomic E-state index is 0.00633. The molecule has 3 rings (SSSR count). The van der Waals surface area contributed by atoms with Crippen LogP contribution in [-0.2, 0) is 17.8 Å². The molecule has 0 bridgehead atoms. The van der Waals surface area contributed by atoms with Crippen LogP contribution in [-0.4, -0.2) is 26.1 Å². The molecule has 9 nitrogen and oxygen atoms in total. The van der Waals surface area contributed by atoms with Crippen LogP contribution >= 0.6 is 11.6 Å². The third kappa shape index (κ3) is 5.52. The fourth-order valence-corrected chi connectivity index (χ4v) is 2.71. The lowest BCUT2D eigenvalue weighted by molar-refractivity contribution is -0.384. The van der Waals surface area contributed by atoms with Crippen LogP contribution in [0.3, 0.4) is 0 Å². The summed E-state index contributed by atoms with van der Waals surface area (Å²) in [6, 6.07) is 10.7. The van der Waals surface area contributed by atoms with Gasteiger partial charge >= 0.3 is 0 Å². The molecule has 1 heterocycles. The van der Waals surface area contributed by atoms with Crippen LogP contribution in [0.25, 0.3) is 11.4 Å². The van der Waals surface area contributed by atoms with Crippen LogP contribution in [0.2, 0.25) is 5.02 Å². The van der Waals surface area contributed by atoms with Gasteiger partial charge in [0.25, 0.3) is 5.69 Å². The first-order chi connectivity index (χ1) is 13.9. The molecule has 10 heteroatoms. The Bertz CT molecular complexity index is 1020. The second-order valence-electron chi connectivity index (χ2n) is 6.22. The predicted molar refractivity (Wildman–Crippen MR) is 104 cm³/mol. The number of benzene rings is 2. The molecule has 29 heavy (non-hydrogen) atoms. The molecule has 150 valence electrons. The van der Waals surface area contributed by atoms with Gasteiger partial charge in [0.2, 0.25) is 17.6 Å². The van der Waals surface area contributed by atoms with E-state index in [1.165, 1.54) is 18.2 Å². The van der Waals surface area contributed by atoms with Gasteiger partial charge in [-0.1, -0.05) is 16.8 Å². The highest BCUT2D eigenvalue weighted by molar-refractivity contribution is 6.30. The lowest BCUT2D eigenvalue weighted by atomic mass is 10.1. The number of aromatic hydroxyl groups is 1. The van der Waals surface area contributed by atoms with Crippen molar-refractivity contribution < 1.29 is 19.3 Å². The van der Waals surface area contributed by atoms with E-state index in [0.29, 0.717) is 29.6 Å². The number of aromatic nitrogens is 2. The average molecular weight is 417 g/mol. The van der Waals surface area contributed by atoms with Gasteiger partial charge in [-0.2, -0.15) is 4.98 Å². The monoisotopic (exact) mass is 416 g/mol. The number of nitro groups is 1. The molecule has 0 atom stereocenters. The number of amides is 1. The number of hydrogen-bond donors (Lipinski definition) is 2. The summed E-state index contributed by atoms with van der Waals surface area (Å²) < 4.78 is 5.19. The number of rotatable bonds is 8. The number of nitrogens with one attached hydrogen (secondary N) is 1. The molecule has 2 aromatic carbocycles. The Kier molecular flexibility index (Phi) is 6.40. The van der Waals surface area contributed by atoms with Gasteiger partial charge in [-0.3, -0.25) is 14.9 Å². The fraction of sp³-hybridized carbons (Fsp3) is 0.211. The SMILES string of the molecule is O=C(CCCc1nc(-c2ccc(Cl)cc2)no1)NCc1cc([N+](=O)[O-])ccc1O. The van der Waals surface area contributed by atoms with Gasteiger partial charge in [-0.05, 0) is 36.8 Å². The Morgan fingerprint density at radius 2 is 2.00 bits per heavy atom. The second kappa shape index (κ2) is 9.16. The average Bonchev–Trinajstić information content (AvgIpc) is 3.16. The maximum absolute atomic E-state index is 12.0. The summed E-state index contributed by atoms with van der Waals surface area (Å²) in [4.78, 5) is 26.5. The van der Waals surface area contributed by atoms with E-state index in [1.54, 1.807) is 24.3 Å². The van der Waals surface area contributed by atoms with Gasteiger partial charge in [-0.25, -0.2) is 0 Å². The van der Waals surface area contributed by atoms with Crippen molar-refractivity contribution in [3.63, 3.8) is 0 Å². The number of phenolic OH excluding ortho intramolecular Hbond substituents is 1. The number of hydrogen-bond acceptors (Lipinski definition) is 7. The molecule has 0 unspecified atom stereocenters. The van der Waals surface area contributed by atoms with E-state index in [9.17, 15) is 20.0 Å². The molecule has 0 aliphatic carbocycles. The molecule has 3 aromatic rings. The lowest BCUT2D eigenvalue weighted by Gasteiger charge is -2.06. The third-order valence-electron chi connectivity index (χ3n) is 4.11. The van der Waals surface area contributed by atoms with Crippen molar-refractivity contribution in [1.82, 2.24) is 15.5 Å². The first-order valence-electron chi connectivity index (χ1n) is 8.74. The molecule has 0 saturated carbocycles. The molecule has 0 saturated heterocycles. The number of non-ortho nitro benzene ring substituents is 1. The predicted octanol–water partition coefficient (Wildman–Crippen LogP) is 3.64. The van der Waals surface area contributed by atoms with Gasteiger partial charge in [0.1, 0.15) is 5.75 Å². The Morgan fingerprint density at radius 3 is 2.72 bits per heavy atom. The number of phenols is 1. The molecular formula is C19H17ClN4O5. The maximum atomic E-state index is 12.0. The summed E-state index contributed by atoms with van der Waals surface area (Å²) in [7, 11) is 0. The van der Waals surface area contributed by atoms with Gasteiger partial charge in [0, 0.05) is 47.7 Å². The summed E-state index contributed by atoms with van der Waals surface area (Å²) in [5.74, 6) is 0.492. The van der Waals surface area contributed by atoms with Crippen molar-refractivity contribution in [2.24, 2.45) is 0 Å². The van der Waals surface area contributed by atoms with Gasteiger partial charge in [0.15, 0.2) is 0 Å². The maximum Gasteiger partial charge on any atom is 0.270 e. The normalized spacial score (nSPS) is 10.7. The zero-order valence-electron chi connectivity index (χ0n) is 15.2. The van der Waals surface area contributed by atoms with Crippen LogP contribution in [0.5, 0.6) is 5.75 Å². The number of nitrogens with zero attached hydrogens (tertiary/aromatic N) is 3. The van der Waals surface area contributed by atoms with E-state index in [1.807, 2.05) is 0 Å². The number of aryl methyl sites for hydroxylation is 1. The molecule has 0 radical (unpaired) electrons. The second-order valence-corrected chi connectivity index (χ2v) is 6.66. The fourth-order valence-electron chi connectivity index (χ4n) is 2.58. The van der Waals surface area contributed by atoms with E-state index in [0.717, 1.165) is 5.56 Å². The highest BCUT2D eigenvalue weighted by Gasteiger charge is 2.12. The van der Waals surface area contributed by atoms with Gasteiger partial charge < -0.3 is 14.9 Å². The van der Waals surface area contributed by atoms with Crippen molar-refractivity contribution >= 4 is 23.2 Å². The Balaban J connectivity index is 1.46. The molecule has 0 aliphatic rings. The molecular weight excluding hydrogens is 400 g/mol. The minimum atomic E-state index is -0.562. The third-order valence-corrected chi connectivity index (χ3v) is 4.37. The molecule has 1 amide bonds. The van der Waals surface area contributed by atoms with E-state index in [4.69, 9.17) is 16.1 Å². The minimum Gasteiger partial charge on any atom is -0.508 e. The number of carbonyl (C=O) groups is 1.